The smallest absolute Gasteiger partial charge is 0.306 e. The lowest BCUT2D eigenvalue weighted by Gasteiger charge is -2.19. The molecule has 1 N–H and O–H groups in total. The highest BCUT2D eigenvalue weighted by atomic mass is 16.5. The molecule has 0 saturated heterocycles. The maximum absolute atomic E-state index is 11.9. The van der Waals surface area contributed by atoms with Crippen molar-refractivity contribution in [3.63, 3.8) is 0 Å². The molecule has 0 bridgehead atoms. The minimum atomic E-state index is -0.738. The molecule has 0 fully saturated rings. The average molecular weight is 385 g/mol. The van der Waals surface area contributed by atoms with Crippen molar-refractivity contribution in [2.45, 2.75) is 111 Å². The highest BCUT2D eigenvalue weighted by molar-refractivity contribution is 5.78. The van der Waals surface area contributed by atoms with Crippen LogP contribution in [0.5, 0.6) is 0 Å². The first-order chi connectivity index (χ1) is 12.8. The van der Waals surface area contributed by atoms with Gasteiger partial charge in [-0.1, -0.05) is 46.0 Å². The number of Topliss-reactive ketones (excluding diaryl/α,β-unsaturated/α-hetero) is 1. The lowest BCUT2D eigenvalue weighted by Crippen LogP contribution is -2.18. The van der Waals surface area contributed by atoms with Crippen molar-refractivity contribution in [3.05, 3.63) is 0 Å². The Hall–Kier alpha value is -1.39. The van der Waals surface area contributed by atoms with E-state index in [9.17, 15) is 14.4 Å². The van der Waals surface area contributed by atoms with Gasteiger partial charge in [-0.15, -0.1) is 0 Å². The van der Waals surface area contributed by atoms with Crippen molar-refractivity contribution in [1.29, 1.82) is 0 Å². The first-order valence-electron chi connectivity index (χ1n) is 10.7. The summed E-state index contributed by atoms with van der Waals surface area (Å²) in [5.41, 5.74) is 0. The van der Waals surface area contributed by atoms with Gasteiger partial charge in [-0.05, 0) is 51.9 Å². The van der Waals surface area contributed by atoms with E-state index in [4.69, 9.17) is 9.84 Å². The van der Waals surface area contributed by atoms with Crippen molar-refractivity contribution in [2.24, 2.45) is 11.8 Å². The molecule has 5 heteroatoms. The molecular weight excluding hydrogens is 344 g/mol. The molecule has 0 aliphatic heterocycles. The number of carbonyl (C=O) groups excluding carboxylic acids is 2. The number of carbonyl (C=O) groups is 3. The monoisotopic (exact) mass is 384 g/mol. The van der Waals surface area contributed by atoms with Gasteiger partial charge in [0.05, 0.1) is 5.92 Å². The van der Waals surface area contributed by atoms with Gasteiger partial charge in [0.1, 0.15) is 11.9 Å². The Balaban J connectivity index is 4.15. The van der Waals surface area contributed by atoms with Gasteiger partial charge in [0.2, 0.25) is 0 Å². The maximum Gasteiger partial charge on any atom is 0.306 e. The van der Waals surface area contributed by atoms with Crippen LogP contribution in [-0.4, -0.2) is 28.9 Å². The summed E-state index contributed by atoms with van der Waals surface area (Å²) in [5, 5.41) is 8.89. The van der Waals surface area contributed by atoms with E-state index in [0.717, 1.165) is 70.6 Å². The van der Waals surface area contributed by atoms with Crippen LogP contribution in [0.15, 0.2) is 0 Å². The Bertz CT molecular complexity index is 432. The van der Waals surface area contributed by atoms with Gasteiger partial charge in [0.15, 0.2) is 0 Å². The molecule has 3 atom stereocenters. The number of carboxylic acids is 1. The SMILES string of the molecule is CCCCCC(CCCC(CCCCCC(C)C(=O)O)C(C)=O)OC(C)=O. The summed E-state index contributed by atoms with van der Waals surface area (Å²) in [7, 11) is 0. The predicted molar refractivity (Wildman–Crippen MR) is 108 cm³/mol. The van der Waals surface area contributed by atoms with E-state index in [1.165, 1.54) is 6.92 Å². The summed E-state index contributed by atoms with van der Waals surface area (Å²) in [5.74, 6) is -0.966. The molecule has 0 aliphatic carbocycles. The van der Waals surface area contributed by atoms with Gasteiger partial charge in [-0.3, -0.25) is 14.4 Å². The Morgan fingerprint density at radius 2 is 1.37 bits per heavy atom. The molecule has 0 aliphatic rings. The Labute approximate surface area is 165 Å². The van der Waals surface area contributed by atoms with Gasteiger partial charge >= 0.3 is 11.9 Å². The van der Waals surface area contributed by atoms with Crippen LogP contribution >= 0.6 is 0 Å². The summed E-state index contributed by atoms with van der Waals surface area (Å²) < 4.78 is 5.42. The number of aliphatic carboxylic acids is 1. The molecule has 0 spiro atoms. The predicted octanol–water partition coefficient (Wildman–Crippen LogP) is 5.55. The average Bonchev–Trinajstić information content (AvgIpc) is 2.58. The van der Waals surface area contributed by atoms with Gasteiger partial charge in [0.25, 0.3) is 0 Å². The van der Waals surface area contributed by atoms with Gasteiger partial charge in [0, 0.05) is 12.8 Å². The lowest BCUT2D eigenvalue weighted by atomic mass is 9.90. The van der Waals surface area contributed by atoms with Gasteiger partial charge < -0.3 is 9.84 Å². The van der Waals surface area contributed by atoms with E-state index < -0.39 is 5.97 Å². The van der Waals surface area contributed by atoms with Crippen LogP contribution in [0.25, 0.3) is 0 Å². The summed E-state index contributed by atoms with van der Waals surface area (Å²) >= 11 is 0. The van der Waals surface area contributed by atoms with Crippen molar-refractivity contribution in [2.75, 3.05) is 0 Å². The lowest BCUT2D eigenvalue weighted by molar-refractivity contribution is -0.147. The number of carboxylic acid groups (broad SMARTS) is 1. The maximum atomic E-state index is 11.9. The molecule has 0 radical (unpaired) electrons. The molecule has 0 amide bonds. The molecule has 0 aromatic heterocycles. The number of ketones is 1. The van der Waals surface area contributed by atoms with Gasteiger partial charge in [-0.25, -0.2) is 0 Å². The second kappa shape index (κ2) is 15.6. The first kappa shape index (κ1) is 25.6. The fraction of sp³-hybridized carbons (Fsp3) is 0.864. The number of ether oxygens (including phenoxy) is 1. The number of hydrogen-bond acceptors (Lipinski definition) is 4. The van der Waals surface area contributed by atoms with Crippen molar-refractivity contribution >= 4 is 17.7 Å². The quantitative estimate of drug-likeness (QED) is 0.263. The van der Waals surface area contributed by atoms with Crippen LogP contribution in [0.3, 0.4) is 0 Å². The van der Waals surface area contributed by atoms with Crippen LogP contribution in [0.1, 0.15) is 105 Å². The number of unbranched alkanes of at least 4 members (excludes halogenated alkanes) is 4. The van der Waals surface area contributed by atoms with E-state index in [0.29, 0.717) is 6.42 Å². The number of esters is 1. The first-order valence-corrected chi connectivity index (χ1v) is 10.7. The van der Waals surface area contributed by atoms with E-state index in [2.05, 4.69) is 6.92 Å². The molecule has 0 aromatic rings. The zero-order chi connectivity index (χ0) is 20.7. The number of hydrogen-bond donors (Lipinski definition) is 1. The van der Waals surface area contributed by atoms with Crippen LogP contribution in [0, 0.1) is 11.8 Å². The highest BCUT2D eigenvalue weighted by Gasteiger charge is 2.17. The minimum absolute atomic E-state index is 0.0286. The Morgan fingerprint density at radius 3 is 1.93 bits per heavy atom. The molecule has 0 rings (SSSR count). The third kappa shape index (κ3) is 14.3. The Kier molecular flexibility index (Phi) is 14.8. The fourth-order valence-electron chi connectivity index (χ4n) is 3.40. The van der Waals surface area contributed by atoms with Crippen LogP contribution in [0.2, 0.25) is 0 Å². The highest BCUT2D eigenvalue weighted by Crippen LogP contribution is 2.22. The van der Waals surface area contributed by atoms with Crippen LogP contribution < -0.4 is 0 Å². The third-order valence-electron chi connectivity index (χ3n) is 5.23. The van der Waals surface area contributed by atoms with E-state index in [-0.39, 0.29) is 29.7 Å². The molecule has 27 heavy (non-hydrogen) atoms. The molecule has 0 aromatic carbocycles. The zero-order valence-electron chi connectivity index (χ0n) is 17.8. The minimum Gasteiger partial charge on any atom is -0.481 e. The number of rotatable bonds is 17. The van der Waals surface area contributed by atoms with E-state index in [1.807, 2.05) is 0 Å². The summed E-state index contributed by atoms with van der Waals surface area (Å²) in [6, 6.07) is 0. The normalized spacial score (nSPS) is 14.4. The summed E-state index contributed by atoms with van der Waals surface area (Å²) in [6.45, 7) is 7.00. The van der Waals surface area contributed by atoms with Crippen molar-refractivity contribution < 1.29 is 24.2 Å². The third-order valence-corrected chi connectivity index (χ3v) is 5.23. The molecule has 0 saturated carbocycles. The fourth-order valence-corrected chi connectivity index (χ4v) is 3.40. The van der Waals surface area contributed by atoms with Crippen molar-refractivity contribution in [1.82, 2.24) is 0 Å². The largest absolute Gasteiger partial charge is 0.481 e. The zero-order valence-corrected chi connectivity index (χ0v) is 17.8. The molecule has 0 heterocycles. The topological polar surface area (TPSA) is 80.7 Å². The van der Waals surface area contributed by atoms with Crippen LogP contribution in [-0.2, 0) is 19.1 Å². The van der Waals surface area contributed by atoms with E-state index >= 15 is 0 Å². The summed E-state index contributed by atoms with van der Waals surface area (Å²) in [4.78, 5) is 34.0. The molecule has 5 nitrogen and oxygen atoms in total. The molecular formula is C22H40O5. The summed E-state index contributed by atoms with van der Waals surface area (Å²) in [6.07, 6.45) is 11.2. The van der Waals surface area contributed by atoms with Crippen LogP contribution in [0.4, 0.5) is 0 Å². The van der Waals surface area contributed by atoms with Gasteiger partial charge in [-0.2, -0.15) is 0 Å². The molecule has 3 unspecified atom stereocenters. The second-order valence-corrected chi connectivity index (χ2v) is 7.84. The Morgan fingerprint density at radius 1 is 0.815 bits per heavy atom. The van der Waals surface area contributed by atoms with E-state index in [1.54, 1.807) is 13.8 Å². The standard InChI is InChI=1S/C22H40O5/c1-5-6-8-15-21(27-19(4)24)16-11-14-20(18(3)23)13-10-7-9-12-17(2)22(25)26/h17,20-21H,5-16H2,1-4H3,(H,25,26). The van der Waals surface area contributed by atoms with Crippen molar-refractivity contribution in [3.8, 4) is 0 Å². The molecule has 158 valence electrons. The second-order valence-electron chi connectivity index (χ2n) is 7.84.